The largest absolute Gasteiger partial charge is 0.493 e. The van der Waals surface area contributed by atoms with Gasteiger partial charge in [0.15, 0.2) is 22.5 Å². The molecule has 0 radical (unpaired) electrons. The number of benzene rings is 2. The second-order valence-corrected chi connectivity index (χ2v) is 9.25. The van der Waals surface area contributed by atoms with Crippen molar-refractivity contribution < 1.29 is 19.0 Å². The molecule has 4 aromatic rings. The van der Waals surface area contributed by atoms with Crippen molar-refractivity contribution in [2.45, 2.75) is 5.16 Å². The highest BCUT2D eigenvalue weighted by Crippen LogP contribution is 2.37. The Hall–Kier alpha value is -3.90. The van der Waals surface area contributed by atoms with Gasteiger partial charge >= 0.3 is 0 Å². The Labute approximate surface area is 226 Å². The van der Waals surface area contributed by atoms with Gasteiger partial charge < -0.3 is 14.2 Å². The van der Waals surface area contributed by atoms with Gasteiger partial charge in [0.25, 0.3) is 5.91 Å². The van der Waals surface area contributed by atoms with E-state index in [1.807, 2.05) is 41.0 Å². The van der Waals surface area contributed by atoms with Crippen molar-refractivity contribution in [1.82, 2.24) is 25.2 Å². The molecule has 12 heteroatoms. The topological polar surface area (TPSA) is 113 Å². The van der Waals surface area contributed by atoms with Crippen LogP contribution in [0.4, 0.5) is 0 Å². The van der Waals surface area contributed by atoms with Gasteiger partial charge in [-0.25, -0.2) is 5.43 Å². The zero-order valence-electron chi connectivity index (χ0n) is 20.2. The molecule has 2 aromatic heterocycles. The number of hydrogen-bond donors (Lipinski definition) is 1. The maximum absolute atomic E-state index is 12.5. The van der Waals surface area contributed by atoms with Crippen molar-refractivity contribution in [3.8, 4) is 34.3 Å². The Morgan fingerprint density at radius 2 is 1.70 bits per heavy atom. The van der Waals surface area contributed by atoms with Crippen LogP contribution in [-0.4, -0.2) is 59.0 Å². The molecule has 0 saturated heterocycles. The van der Waals surface area contributed by atoms with Gasteiger partial charge in [0.05, 0.1) is 33.3 Å². The maximum Gasteiger partial charge on any atom is 0.250 e. The lowest BCUT2D eigenvalue weighted by Crippen LogP contribution is -2.20. The first-order chi connectivity index (χ1) is 18.0. The number of amides is 1. The van der Waals surface area contributed by atoms with Crippen LogP contribution in [0.2, 0.25) is 0 Å². The quantitative estimate of drug-likeness (QED) is 0.167. The van der Waals surface area contributed by atoms with Crippen LogP contribution in [0.1, 0.15) is 5.56 Å². The predicted octanol–water partition coefficient (Wildman–Crippen LogP) is 4.36. The molecule has 2 heterocycles. The number of methoxy groups -OCH3 is 3. The smallest absolute Gasteiger partial charge is 0.250 e. The van der Waals surface area contributed by atoms with Gasteiger partial charge in [-0.05, 0) is 48.5 Å². The number of thioether (sulfide) groups is 1. The van der Waals surface area contributed by atoms with E-state index in [1.165, 1.54) is 39.3 Å². The van der Waals surface area contributed by atoms with Crippen molar-refractivity contribution in [2.75, 3.05) is 27.1 Å². The molecule has 0 bridgehead atoms. The Balaban J connectivity index is 1.48. The van der Waals surface area contributed by atoms with E-state index in [0.29, 0.717) is 33.8 Å². The zero-order valence-corrected chi connectivity index (χ0v) is 22.6. The van der Waals surface area contributed by atoms with Gasteiger partial charge in [0.2, 0.25) is 5.75 Å². The molecule has 0 fully saturated rings. The normalized spacial score (nSPS) is 10.9. The summed E-state index contributed by atoms with van der Waals surface area (Å²) in [6.45, 7) is 0. The highest BCUT2D eigenvalue weighted by Gasteiger charge is 2.17. The lowest BCUT2D eigenvalue weighted by molar-refractivity contribution is -0.118. The molecule has 10 nitrogen and oxygen atoms in total. The zero-order chi connectivity index (χ0) is 26.2. The third-order valence-electron chi connectivity index (χ3n) is 5.08. The van der Waals surface area contributed by atoms with Crippen LogP contribution in [0.5, 0.6) is 17.2 Å². The van der Waals surface area contributed by atoms with Crippen molar-refractivity contribution in [3.63, 3.8) is 0 Å². The summed E-state index contributed by atoms with van der Waals surface area (Å²) in [5.74, 6) is 1.88. The molecule has 0 atom stereocenters. The van der Waals surface area contributed by atoms with Crippen LogP contribution in [-0.2, 0) is 4.79 Å². The number of hydrazone groups is 1. The minimum Gasteiger partial charge on any atom is -0.493 e. The number of carbonyl (C=O) groups excluding carboxylic acids is 1. The molecule has 37 heavy (non-hydrogen) atoms. The van der Waals surface area contributed by atoms with Crippen molar-refractivity contribution >= 4 is 39.8 Å². The van der Waals surface area contributed by atoms with Crippen molar-refractivity contribution in [3.05, 3.63) is 71.0 Å². The Kier molecular flexibility index (Phi) is 8.75. The van der Waals surface area contributed by atoms with E-state index in [-0.39, 0.29) is 11.7 Å². The molecule has 0 aliphatic carbocycles. The number of pyridine rings is 1. The van der Waals surface area contributed by atoms with Crippen LogP contribution < -0.4 is 19.6 Å². The van der Waals surface area contributed by atoms with E-state index in [4.69, 9.17) is 14.2 Å². The first-order valence-corrected chi connectivity index (χ1v) is 12.7. The molecule has 4 rings (SSSR count). The number of hydrogen-bond acceptors (Lipinski definition) is 9. The first kappa shape index (κ1) is 26.2. The average molecular weight is 583 g/mol. The van der Waals surface area contributed by atoms with Gasteiger partial charge in [-0.2, -0.15) is 5.10 Å². The molecular formula is C25H23BrN6O4S. The monoisotopic (exact) mass is 582 g/mol. The fourth-order valence-corrected chi connectivity index (χ4v) is 4.40. The third kappa shape index (κ3) is 6.27. The second-order valence-electron chi connectivity index (χ2n) is 7.39. The minimum absolute atomic E-state index is 0.0810. The number of carbonyl (C=O) groups is 1. The summed E-state index contributed by atoms with van der Waals surface area (Å²) < 4.78 is 18.9. The Morgan fingerprint density at radius 1 is 1.03 bits per heavy atom. The number of aromatic nitrogens is 4. The van der Waals surface area contributed by atoms with Gasteiger partial charge in [-0.15, -0.1) is 10.2 Å². The lowest BCUT2D eigenvalue weighted by atomic mass is 10.2. The molecule has 0 saturated carbocycles. The van der Waals surface area contributed by atoms with Crippen molar-refractivity contribution in [2.24, 2.45) is 5.10 Å². The number of nitrogens with one attached hydrogen (secondary N) is 1. The minimum atomic E-state index is -0.301. The average Bonchev–Trinajstić information content (AvgIpc) is 3.36. The number of ether oxygens (including phenoxy) is 3. The molecule has 0 unspecified atom stereocenters. The molecular weight excluding hydrogens is 560 g/mol. The van der Waals surface area contributed by atoms with E-state index in [2.05, 4.69) is 41.6 Å². The fraction of sp³-hybridized carbons (Fsp3) is 0.160. The summed E-state index contributed by atoms with van der Waals surface area (Å²) in [6, 6.07) is 14.9. The van der Waals surface area contributed by atoms with E-state index in [1.54, 1.807) is 24.5 Å². The molecule has 0 aliphatic rings. The summed E-state index contributed by atoms with van der Waals surface area (Å²) in [4.78, 5) is 16.6. The van der Waals surface area contributed by atoms with E-state index >= 15 is 0 Å². The summed E-state index contributed by atoms with van der Waals surface area (Å²) in [5.41, 5.74) is 4.92. The SMILES string of the molecule is COc1cc(C=NNC(=O)CSc2nnc(-c3ccncc3)n2-c2ccc(Br)cc2)cc(OC)c1OC. The second kappa shape index (κ2) is 12.4. The number of halogens is 1. The van der Waals surface area contributed by atoms with E-state index in [0.717, 1.165) is 15.7 Å². The van der Waals surface area contributed by atoms with E-state index < -0.39 is 0 Å². The molecule has 1 N–H and O–H groups in total. The number of rotatable bonds is 10. The van der Waals surface area contributed by atoms with Crippen LogP contribution in [0, 0.1) is 0 Å². The Morgan fingerprint density at radius 3 is 2.32 bits per heavy atom. The molecule has 1 amide bonds. The maximum atomic E-state index is 12.5. The van der Waals surface area contributed by atoms with Crippen LogP contribution in [0.25, 0.3) is 17.1 Å². The Bertz CT molecular complexity index is 1370. The summed E-state index contributed by atoms with van der Waals surface area (Å²) >= 11 is 4.72. The first-order valence-electron chi connectivity index (χ1n) is 10.9. The highest BCUT2D eigenvalue weighted by atomic mass is 79.9. The van der Waals surface area contributed by atoms with Gasteiger partial charge in [0, 0.05) is 33.7 Å². The number of nitrogens with zero attached hydrogens (tertiary/aromatic N) is 5. The molecule has 0 spiro atoms. The lowest BCUT2D eigenvalue weighted by Gasteiger charge is -2.12. The third-order valence-corrected chi connectivity index (χ3v) is 6.54. The summed E-state index contributed by atoms with van der Waals surface area (Å²) in [5, 5.41) is 13.3. The fourth-order valence-electron chi connectivity index (χ4n) is 3.39. The van der Waals surface area contributed by atoms with Gasteiger partial charge in [-0.3, -0.25) is 14.3 Å². The van der Waals surface area contributed by atoms with Gasteiger partial charge in [0.1, 0.15) is 0 Å². The molecule has 2 aromatic carbocycles. The van der Waals surface area contributed by atoms with Crippen LogP contribution >= 0.6 is 27.7 Å². The standard InChI is InChI=1S/C25H23BrN6O4S/c1-34-20-12-16(13-21(35-2)23(20)36-3)14-28-29-22(33)15-37-25-31-30-24(17-8-10-27-11-9-17)32(25)19-6-4-18(26)5-7-19/h4-14H,15H2,1-3H3,(H,29,33). The highest BCUT2D eigenvalue weighted by molar-refractivity contribution is 9.10. The predicted molar refractivity (Wildman–Crippen MR) is 145 cm³/mol. The van der Waals surface area contributed by atoms with Crippen LogP contribution in [0.15, 0.2) is 75.7 Å². The van der Waals surface area contributed by atoms with Gasteiger partial charge in [-0.1, -0.05) is 27.7 Å². The molecule has 0 aliphatic heterocycles. The molecule has 190 valence electrons. The van der Waals surface area contributed by atoms with E-state index in [9.17, 15) is 4.79 Å². The summed E-state index contributed by atoms with van der Waals surface area (Å²) in [6.07, 6.45) is 4.89. The van der Waals surface area contributed by atoms with Crippen molar-refractivity contribution in [1.29, 1.82) is 0 Å². The van der Waals surface area contributed by atoms with Crippen LogP contribution in [0.3, 0.4) is 0 Å². The summed E-state index contributed by atoms with van der Waals surface area (Å²) in [7, 11) is 4.60.